The highest BCUT2D eigenvalue weighted by Gasteiger charge is 2.20. The van der Waals surface area contributed by atoms with Crippen molar-refractivity contribution >= 4 is 5.97 Å². The molecule has 0 bridgehead atoms. The SMILES string of the molecule is O=C(O)c1ccc(Cn2cnc3c(c2=O)CN(CC#Cc2ccccc2)CC3)cc1. The van der Waals surface area contributed by atoms with E-state index >= 15 is 0 Å². The van der Waals surface area contributed by atoms with Crippen LogP contribution in [-0.2, 0) is 19.5 Å². The van der Waals surface area contributed by atoms with Gasteiger partial charge in [-0.25, -0.2) is 9.78 Å². The zero-order chi connectivity index (χ0) is 20.9. The lowest BCUT2D eigenvalue weighted by Crippen LogP contribution is -2.38. The first-order valence-electron chi connectivity index (χ1n) is 9.76. The summed E-state index contributed by atoms with van der Waals surface area (Å²) in [5.41, 5.74) is 3.57. The fourth-order valence-corrected chi connectivity index (χ4v) is 3.48. The molecular formula is C24H21N3O3. The average molecular weight is 399 g/mol. The quantitative estimate of drug-likeness (QED) is 0.682. The van der Waals surface area contributed by atoms with Gasteiger partial charge in [0.15, 0.2) is 0 Å². The van der Waals surface area contributed by atoms with Crippen LogP contribution in [0.1, 0.15) is 32.7 Å². The molecule has 1 N–H and O–H groups in total. The standard InChI is InChI=1S/C24H21N3O3/c28-23-21-16-26(13-4-7-18-5-2-1-3-6-18)14-12-22(21)25-17-27(23)15-19-8-10-20(11-9-19)24(29)30/h1-3,5-6,8-11,17H,12-16H2,(H,29,30). The van der Waals surface area contributed by atoms with Crippen LogP contribution in [0.2, 0.25) is 0 Å². The molecule has 1 aliphatic rings. The monoisotopic (exact) mass is 399 g/mol. The van der Waals surface area contributed by atoms with Gasteiger partial charge in [0.1, 0.15) is 0 Å². The summed E-state index contributed by atoms with van der Waals surface area (Å²) in [6, 6.07) is 16.4. The lowest BCUT2D eigenvalue weighted by molar-refractivity contribution is 0.0697. The molecule has 0 saturated heterocycles. The Hall–Kier alpha value is -3.69. The van der Waals surface area contributed by atoms with Crippen molar-refractivity contribution in [2.45, 2.75) is 19.5 Å². The van der Waals surface area contributed by atoms with Gasteiger partial charge >= 0.3 is 5.97 Å². The van der Waals surface area contributed by atoms with Crippen LogP contribution in [-0.4, -0.2) is 38.6 Å². The fraction of sp³-hybridized carbons (Fsp3) is 0.208. The number of nitrogens with zero attached hydrogens (tertiary/aromatic N) is 3. The third kappa shape index (κ3) is 4.48. The molecule has 6 nitrogen and oxygen atoms in total. The summed E-state index contributed by atoms with van der Waals surface area (Å²) in [5.74, 6) is 5.38. The van der Waals surface area contributed by atoms with Crippen molar-refractivity contribution in [1.29, 1.82) is 0 Å². The van der Waals surface area contributed by atoms with Crippen LogP contribution in [0.15, 0.2) is 65.7 Å². The number of hydrogen-bond donors (Lipinski definition) is 1. The Morgan fingerprint density at radius 3 is 2.60 bits per heavy atom. The third-order valence-electron chi connectivity index (χ3n) is 5.13. The number of rotatable bonds is 4. The van der Waals surface area contributed by atoms with Gasteiger partial charge in [-0.3, -0.25) is 14.3 Å². The van der Waals surface area contributed by atoms with Gasteiger partial charge in [-0.05, 0) is 29.8 Å². The second-order valence-corrected chi connectivity index (χ2v) is 7.23. The molecule has 30 heavy (non-hydrogen) atoms. The minimum absolute atomic E-state index is 0.0528. The molecule has 1 aliphatic heterocycles. The average Bonchev–Trinajstić information content (AvgIpc) is 2.77. The van der Waals surface area contributed by atoms with E-state index in [0.717, 1.165) is 29.8 Å². The van der Waals surface area contributed by atoms with E-state index in [0.29, 0.717) is 25.2 Å². The summed E-state index contributed by atoms with van der Waals surface area (Å²) in [7, 11) is 0. The van der Waals surface area contributed by atoms with Crippen LogP contribution in [0.25, 0.3) is 0 Å². The molecule has 0 atom stereocenters. The number of carboxylic acids is 1. The summed E-state index contributed by atoms with van der Waals surface area (Å²) in [6.07, 6.45) is 2.31. The first kappa shape index (κ1) is 19.6. The maximum atomic E-state index is 13.0. The molecule has 0 radical (unpaired) electrons. The van der Waals surface area contributed by atoms with Crippen LogP contribution in [0.3, 0.4) is 0 Å². The van der Waals surface area contributed by atoms with Crippen molar-refractivity contribution in [1.82, 2.24) is 14.5 Å². The topological polar surface area (TPSA) is 75.4 Å². The number of fused-ring (bicyclic) bond motifs is 1. The maximum Gasteiger partial charge on any atom is 0.335 e. The van der Waals surface area contributed by atoms with E-state index < -0.39 is 5.97 Å². The van der Waals surface area contributed by atoms with Crippen LogP contribution in [0.4, 0.5) is 0 Å². The molecule has 150 valence electrons. The predicted octanol–water partition coefficient (Wildman–Crippen LogP) is 2.40. The molecular weight excluding hydrogens is 378 g/mol. The molecule has 0 spiro atoms. The Balaban J connectivity index is 1.48. The number of benzene rings is 2. The van der Waals surface area contributed by atoms with E-state index in [9.17, 15) is 9.59 Å². The molecule has 6 heteroatoms. The van der Waals surface area contributed by atoms with Crippen molar-refractivity contribution in [3.63, 3.8) is 0 Å². The predicted molar refractivity (Wildman–Crippen MR) is 113 cm³/mol. The molecule has 0 amide bonds. The van der Waals surface area contributed by atoms with E-state index in [1.54, 1.807) is 35.2 Å². The lowest BCUT2D eigenvalue weighted by Gasteiger charge is -2.26. The molecule has 0 unspecified atom stereocenters. The van der Waals surface area contributed by atoms with Gasteiger partial charge < -0.3 is 5.11 Å². The van der Waals surface area contributed by atoms with Crippen LogP contribution >= 0.6 is 0 Å². The Morgan fingerprint density at radius 2 is 1.87 bits per heavy atom. The number of hydrogen-bond acceptors (Lipinski definition) is 4. The number of aromatic carboxylic acids is 1. The van der Waals surface area contributed by atoms with E-state index in [2.05, 4.69) is 21.7 Å². The lowest BCUT2D eigenvalue weighted by atomic mass is 10.1. The molecule has 2 heterocycles. The Morgan fingerprint density at radius 1 is 1.10 bits per heavy atom. The van der Waals surface area contributed by atoms with E-state index in [4.69, 9.17) is 5.11 Å². The second kappa shape index (κ2) is 8.76. The number of carboxylic acid groups (broad SMARTS) is 1. The Bertz CT molecular complexity index is 1170. The van der Waals surface area contributed by atoms with Crippen LogP contribution in [0, 0.1) is 11.8 Å². The van der Waals surface area contributed by atoms with E-state index in [1.165, 1.54) is 0 Å². The summed E-state index contributed by atoms with van der Waals surface area (Å²) >= 11 is 0. The molecule has 0 fully saturated rings. The van der Waals surface area contributed by atoms with Crippen molar-refractivity contribution in [3.05, 3.63) is 99.2 Å². The van der Waals surface area contributed by atoms with Gasteiger partial charge in [0.2, 0.25) is 0 Å². The zero-order valence-corrected chi connectivity index (χ0v) is 16.4. The van der Waals surface area contributed by atoms with Gasteiger partial charge in [-0.15, -0.1) is 0 Å². The maximum absolute atomic E-state index is 13.0. The summed E-state index contributed by atoms with van der Waals surface area (Å²) in [5, 5.41) is 9.01. The number of aromatic nitrogens is 2. The molecule has 4 rings (SSSR count). The minimum atomic E-state index is -0.968. The molecule has 0 saturated carbocycles. The first-order chi connectivity index (χ1) is 14.6. The normalized spacial score (nSPS) is 13.2. The van der Waals surface area contributed by atoms with E-state index in [1.807, 2.05) is 30.3 Å². The minimum Gasteiger partial charge on any atom is -0.478 e. The highest BCUT2D eigenvalue weighted by atomic mass is 16.4. The van der Waals surface area contributed by atoms with Gasteiger partial charge in [-0.2, -0.15) is 0 Å². The van der Waals surface area contributed by atoms with Gasteiger partial charge in [-0.1, -0.05) is 42.2 Å². The Labute approximate surface area is 174 Å². The van der Waals surface area contributed by atoms with Crippen LogP contribution < -0.4 is 5.56 Å². The van der Waals surface area contributed by atoms with Crippen LogP contribution in [0.5, 0.6) is 0 Å². The smallest absolute Gasteiger partial charge is 0.335 e. The highest BCUT2D eigenvalue weighted by molar-refractivity contribution is 5.87. The largest absolute Gasteiger partial charge is 0.478 e. The second-order valence-electron chi connectivity index (χ2n) is 7.23. The van der Waals surface area contributed by atoms with Gasteiger partial charge in [0.25, 0.3) is 5.56 Å². The summed E-state index contributed by atoms with van der Waals surface area (Å²) in [6.45, 7) is 2.30. The van der Waals surface area contributed by atoms with Crippen molar-refractivity contribution in [3.8, 4) is 11.8 Å². The molecule has 3 aromatic rings. The van der Waals surface area contributed by atoms with Crippen molar-refractivity contribution < 1.29 is 9.90 Å². The van der Waals surface area contributed by atoms with Gasteiger partial charge in [0, 0.05) is 25.1 Å². The third-order valence-corrected chi connectivity index (χ3v) is 5.13. The summed E-state index contributed by atoms with van der Waals surface area (Å²) in [4.78, 5) is 30.6. The number of carbonyl (C=O) groups is 1. The summed E-state index contributed by atoms with van der Waals surface area (Å²) < 4.78 is 1.58. The van der Waals surface area contributed by atoms with E-state index in [-0.39, 0.29) is 11.1 Å². The van der Waals surface area contributed by atoms with Gasteiger partial charge in [0.05, 0.1) is 36.2 Å². The zero-order valence-electron chi connectivity index (χ0n) is 16.4. The fourth-order valence-electron chi connectivity index (χ4n) is 3.48. The molecule has 1 aromatic heterocycles. The molecule has 2 aromatic carbocycles. The first-order valence-corrected chi connectivity index (χ1v) is 9.76. The molecule has 0 aliphatic carbocycles. The van der Waals surface area contributed by atoms with Crippen molar-refractivity contribution in [2.75, 3.05) is 13.1 Å². The highest BCUT2D eigenvalue weighted by Crippen LogP contribution is 2.13. The van der Waals surface area contributed by atoms with Crippen molar-refractivity contribution in [2.24, 2.45) is 0 Å². The Kier molecular flexibility index (Phi) is 5.73.